The summed E-state index contributed by atoms with van der Waals surface area (Å²) in [6.07, 6.45) is 9.34. The number of carbonyl (C=O) groups excluding carboxylic acids is 1. The third kappa shape index (κ3) is 4.40. The van der Waals surface area contributed by atoms with Crippen LogP contribution in [-0.4, -0.2) is 57.5 Å². The van der Waals surface area contributed by atoms with Crippen molar-refractivity contribution in [1.82, 2.24) is 24.7 Å². The van der Waals surface area contributed by atoms with E-state index in [9.17, 15) is 13.2 Å². The molecule has 2 fully saturated rings. The van der Waals surface area contributed by atoms with Gasteiger partial charge in [-0.2, -0.15) is 5.10 Å². The monoisotopic (exact) mass is 471 g/mol. The molecule has 3 aromatic heterocycles. The van der Waals surface area contributed by atoms with E-state index in [-0.39, 0.29) is 28.2 Å². The second-order valence-corrected chi connectivity index (χ2v) is 10.7. The lowest BCUT2D eigenvalue weighted by Crippen LogP contribution is -2.31. The van der Waals surface area contributed by atoms with Crippen molar-refractivity contribution < 1.29 is 17.9 Å². The van der Waals surface area contributed by atoms with Crippen LogP contribution in [0.1, 0.15) is 38.1 Å². The summed E-state index contributed by atoms with van der Waals surface area (Å²) in [6, 6.07) is 0.646. The van der Waals surface area contributed by atoms with Gasteiger partial charge in [0.1, 0.15) is 11.9 Å². The lowest BCUT2D eigenvalue weighted by atomic mass is 9.92. The van der Waals surface area contributed by atoms with Crippen LogP contribution in [0, 0.1) is 5.92 Å². The zero-order chi connectivity index (χ0) is 23.0. The normalized spacial score (nSPS) is 18.3. The van der Waals surface area contributed by atoms with Crippen LogP contribution in [0.4, 0.5) is 11.6 Å². The highest BCUT2D eigenvalue weighted by Crippen LogP contribution is 2.38. The molecule has 174 valence electrons. The van der Waals surface area contributed by atoms with Crippen LogP contribution in [0.25, 0.3) is 11.0 Å². The molecule has 1 atom stereocenters. The second-order valence-electron chi connectivity index (χ2n) is 8.50. The van der Waals surface area contributed by atoms with E-state index in [0.29, 0.717) is 43.7 Å². The van der Waals surface area contributed by atoms with Gasteiger partial charge in [-0.25, -0.2) is 23.1 Å². The smallest absolute Gasteiger partial charge is 0.250 e. The number of fused-ring (bicyclic) bond motifs is 1. The molecule has 11 nitrogen and oxygen atoms in total. The number of sulfone groups is 1. The Morgan fingerprint density at radius 3 is 2.70 bits per heavy atom. The number of nitrogens with one attached hydrogen (secondary N) is 1. The van der Waals surface area contributed by atoms with E-state index in [1.807, 2.05) is 0 Å². The average Bonchev–Trinajstić information content (AvgIpc) is 3.60. The molecule has 0 radical (unpaired) electrons. The van der Waals surface area contributed by atoms with Gasteiger partial charge in [0.2, 0.25) is 0 Å². The Kier molecular flexibility index (Phi) is 5.71. The standard InChI is InChI=1S/C21H25N7O4S/c22-18-10-17(33(30,31)14-1-2-14)15-11-25-28(20(15)26-18)16(9-13-3-7-32-8-4-13)21(29)27-19-12-23-5-6-24-19/h5-6,10-14,16H,1-4,7-9H2,(H2,22,26)(H,24,27,29)/t16-/m1/s1. The van der Waals surface area contributed by atoms with E-state index in [2.05, 4.69) is 25.4 Å². The first-order valence-electron chi connectivity index (χ1n) is 11.0. The van der Waals surface area contributed by atoms with Crippen molar-refractivity contribution in [2.24, 2.45) is 5.92 Å². The van der Waals surface area contributed by atoms with E-state index in [1.54, 1.807) is 0 Å². The number of nitrogens with two attached hydrogens (primary N) is 1. The number of nitrogens with zero attached hydrogens (tertiary/aromatic N) is 5. The highest BCUT2D eigenvalue weighted by molar-refractivity contribution is 7.92. The first kappa shape index (κ1) is 21.7. The molecule has 3 aromatic rings. The maximum atomic E-state index is 13.4. The Morgan fingerprint density at radius 2 is 2.00 bits per heavy atom. The van der Waals surface area contributed by atoms with Crippen LogP contribution in [0.15, 0.2) is 35.7 Å². The van der Waals surface area contributed by atoms with Gasteiger partial charge in [-0.1, -0.05) is 0 Å². The Labute approximate surface area is 190 Å². The van der Waals surface area contributed by atoms with Gasteiger partial charge in [0.15, 0.2) is 21.3 Å². The van der Waals surface area contributed by atoms with E-state index in [1.165, 1.54) is 35.5 Å². The maximum Gasteiger partial charge on any atom is 0.250 e. The minimum Gasteiger partial charge on any atom is -0.384 e. The molecule has 3 N–H and O–H groups in total. The molecule has 0 spiro atoms. The third-order valence-corrected chi connectivity index (χ3v) is 8.43. The second kappa shape index (κ2) is 8.67. The van der Waals surface area contributed by atoms with E-state index < -0.39 is 21.1 Å². The summed E-state index contributed by atoms with van der Waals surface area (Å²) >= 11 is 0. The largest absolute Gasteiger partial charge is 0.384 e. The van der Waals surface area contributed by atoms with E-state index in [4.69, 9.17) is 10.5 Å². The van der Waals surface area contributed by atoms with Crippen LogP contribution < -0.4 is 11.1 Å². The van der Waals surface area contributed by atoms with Crippen molar-refractivity contribution >= 4 is 38.4 Å². The fourth-order valence-electron chi connectivity index (χ4n) is 4.22. The lowest BCUT2D eigenvalue weighted by Gasteiger charge is -2.26. The zero-order valence-corrected chi connectivity index (χ0v) is 18.7. The number of anilines is 2. The fourth-order valence-corrected chi connectivity index (χ4v) is 6.07. The molecule has 1 aliphatic heterocycles. The van der Waals surface area contributed by atoms with Crippen LogP contribution in [-0.2, 0) is 19.4 Å². The molecule has 1 saturated carbocycles. The molecule has 0 unspecified atom stereocenters. The van der Waals surface area contributed by atoms with Crippen molar-refractivity contribution in [3.8, 4) is 0 Å². The highest BCUT2D eigenvalue weighted by atomic mass is 32.2. The number of amides is 1. The van der Waals surface area contributed by atoms with Gasteiger partial charge in [-0.15, -0.1) is 0 Å². The number of aromatic nitrogens is 5. The summed E-state index contributed by atoms with van der Waals surface area (Å²) in [5.74, 6) is 0.303. The lowest BCUT2D eigenvalue weighted by molar-refractivity contribution is -0.120. The Hall–Kier alpha value is -3.12. The van der Waals surface area contributed by atoms with Gasteiger partial charge < -0.3 is 15.8 Å². The summed E-state index contributed by atoms with van der Waals surface area (Å²) in [5.41, 5.74) is 6.28. The van der Waals surface area contributed by atoms with Gasteiger partial charge in [0, 0.05) is 25.6 Å². The van der Waals surface area contributed by atoms with Crippen LogP contribution in [0.3, 0.4) is 0 Å². The molecular formula is C21H25N7O4S. The van der Waals surface area contributed by atoms with Gasteiger partial charge in [0.05, 0.1) is 27.9 Å². The summed E-state index contributed by atoms with van der Waals surface area (Å²) in [4.78, 5) is 26.0. The van der Waals surface area contributed by atoms with E-state index in [0.717, 1.165) is 12.8 Å². The summed E-state index contributed by atoms with van der Waals surface area (Å²) in [6.45, 7) is 1.27. The highest BCUT2D eigenvalue weighted by Gasteiger charge is 2.39. The summed E-state index contributed by atoms with van der Waals surface area (Å²) in [7, 11) is -3.53. The molecule has 5 rings (SSSR count). The topological polar surface area (TPSA) is 155 Å². The maximum absolute atomic E-state index is 13.4. The summed E-state index contributed by atoms with van der Waals surface area (Å²) < 4.78 is 32.9. The molecule has 0 aromatic carbocycles. The number of pyridine rings is 1. The fraction of sp³-hybridized carbons (Fsp3) is 0.476. The molecule has 4 heterocycles. The molecule has 2 aliphatic rings. The zero-order valence-electron chi connectivity index (χ0n) is 17.9. The predicted octanol–water partition coefficient (Wildman–Crippen LogP) is 1.74. The van der Waals surface area contributed by atoms with Crippen LogP contribution >= 0.6 is 0 Å². The molecule has 12 heteroatoms. The molecule has 0 bridgehead atoms. The number of ether oxygens (including phenoxy) is 1. The Morgan fingerprint density at radius 1 is 1.21 bits per heavy atom. The van der Waals surface area contributed by atoms with Crippen molar-refractivity contribution in [3.05, 3.63) is 30.9 Å². The van der Waals surface area contributed by atoms with Gasteiger partial charge in [-0.05, 0) is 44.1 Å². The minimum atomic E-state index is -3.53. The van der Waals surface area contributed by atoms with Gasteiger partial charge in [0.25, 0.3) is 5.91 Å². The number of hydrogen-bond donors (Lipinski definition) is 2. The van der Waals surface area contributed by atoms with Gasteiger partial charge in [-0.3, -0.25) is 9.78 Å². The quantitative estimate of drug-likeness (QED) is 0.524. The number of hydrogen-bond acceptors (Lipinski definition) is 9. The van der Waals surface area contributed by atoms with E-state index >= 15 is 0 Å². The van der Waals surface area contributed by atoms with Crippen molar-refractivity contribution in [3.63, 3.8) is 0 Å². The van der Waals surface area contributed by atoms with Crippen LogP contribution in [0.2, 0.25) is 0 Å². The van der Waals surface area contributed by atoms with Crippen molar-refractivity contribution in [2.45, 2.75) is 48.3 Å². The van der Waals surface area contributed by atoms with Crippen LogP contribution in [0.5, 0.6) is 0 Å². The minimum absolute atomic E-state index is 0.0719. The molecular weight excluding hydrogens is 446 g/mol. The Bertz CT molecular complexity index is 1270. The SMILES string of the molecule is Nc1cc(S(=O)(=O)C2CC2)c2cnn([C@H](CC3CCOCC3)C(=O)Nc3cnccn3)c2n1. The molecule has 1 aliphatic carbocycles. The average molecular weight is 472 g/mol. The van der Waals surface area contributed by atoms with Gasteiger partial charge >= 0.3 is 0 Å². The first-order chi connectivity index (χ1) is 15.9. The molecule has 33 heavy (non-hydrogen) atoms. The van der Waals surface area contributed by atoms with Crippen molar-refractivity contribution in [2.75, 3.05) is 24.3 Å². The first-order valence-corrected chi connectivity index (χ1v) is 12.5. The number of rotatable bonds is 7. The molecule has 1 saturated heterocycles. The third-order valence-electron chi connectivity index (χ3n) is 6.13. The molecule has 1 amide bonds. The number of nitrogen functional groups attached to an aromatic ring is 1. The summed E-state index contributed by atoms with van der Waals surface area (Å²) in [5, 5.41) is 7.19. The van der Waals surface area contributed by atoms with Crippen molar-refractivity contribution in [1.29, 1.82) is 0 Å². The Balaban J connectivity index is 1.55. The predicted molar refractivity (Wildman–Crippen MR) is 120 cm³/mol. The number of carbonyl (C=O) groups is 1.